The van der Waals surface area contributed by atoms with E-state index in [9.17, 15) is 0 Å². The Hall–Kier alpha value is -1.35. The minimum atomic E-state index is 0.720. The molecule has 0 saturated heterocycles. The first-order valence-corrected chi connectivity index (χ1v) is 5.93. The van der Waals surface area contributed by atoms with Gasteiger partial charge < -0.3 is 5.32 Å². The topological polar surface area (TPSA) is 24.9 Å². The Kier molecular flexibility index (Phi) is 3.25. The van der Waals surface area contributed by atoms with Crippen molar-refractivity contribution in [3.05, 3.63) is 47.1 Å². The lowest BCUT2D eigenvalue weighted by Crippen LogP contribution is -2.02. The summed E-state index contributed by atoms with van der Waals surface area (Å²) in [6, 6.07) is 8.21. The molecule has 82 valence electrons. The Morgan fingerprint density at radius 3 is 2.75 bits per heavy atom. The normalized spacial score (nSPS) is 10.4. The van der Waals surface area contributed by atoms with Gasteiger partial charge in [0, 0.05) is 21.8 Å². The number of nitrogens with zero attached hydrogens (tertiary/aromatic N) is 1. The summed E-state index contributed by atoms with van der Waals surface area (Å²) in [5.74, 6) is 0.913. The van der Waals surface area contributed by atoms with Crippen molar-refractivity contribution in [3.63, 3.8) is 0 Å². The quantitative estimate of drug-likeness (QED) is 0.860. The maximum absolute atomic E-state index is 4.53. The summed E-state index contributed by atoms with van der Waals surface area (Å²) in [5.41, 5.74) is 0.991. The van der Waals surface area contributed by atoms with Crippen molar-refractivity contribution >= 4 is 32.5 Å². The second-order valence-electron chi connectivity index (χ2n) is 3.57. The Balaban J connectivity index is 2.64. The summed E-state index contributed by atoms with van der Waals surface area (Å²) in [6.07, 6.45) is 1.83. The SMILES string of the molecule is C=CCNc1nc(C)c(Br)c2ccccc12. The maximum atomic E-state index is 4.53. The third-order valence-electron chi connectivity index (χ3n) is 2.43. The number of pyridine rings is 1. The molecular weight excluding hydrogens is 264 g/mol. The predicted octanol–water partition coefficient (Wildman–Crippen LogP) is 3.90. The molecule has 1 aromatic heterocycles. The van der Waals surface area contributed by atoms with Gasteiger partial charge in [0.1, 0.15) is 5.82 Å². The molecule has 0 unspecified atom stereocenters. The molecule has 0 amide bonds. The van der Waals surface area contributed by atoms with Gasteiger partial charge in [-0.05, 0) is 22.9 Å². The van der Waals surface area contributed by atoms with Crippen LogP contribution in [0.25, 0.3) is 10.8 Å². The highest BCUT2D eigenvalue weighted by Gasteiger charge is 2.07. The molecule has 2 rings (SSSR count). The van der Waals surface area contributed by atoms with E-state index in [-0.39, 0.29) is 0 Å². The zero-order chi connectivity index (χ0) is 11.5. The second kappa shape index (κ2) is 4.66. The van der Waals surface area contributed by atoms with Crippen LogP contribution in [0.15, 0.2) is 41.4 Å². The monoisotopic (exact) mass is 276 g/mol. The van der Waals surface area contributed by atoms with E-state index in [4.69, 9.17) is 0 Å². The summed E-state index contributed by atoms with van der Waals surface area (Å²) < 4.78 is 1.06. The number of anilines is 1. The molecule has 1 heterocycles. The van der Waals surface area contributed by atoms with Crippen LogP contribution in [0.1, 0.15) is 5.69 Å². The standard InChI is InChI=1S/C13H13BrN2/c1-3-8-15-13-11-7-5-4-6-10(11)12(14)9(2)16-13/h3-7H,1,8H2,2H3,(H,15,16). The molecule has 0 spiro atoms. The van der Waals surface area contributed by atoms with Gasteiger partial charge in [-0.25, -0.2) is 4.98 Å². The number of hydrogen-bond donors (Lipinski definition) is 1. The van der Waals surface area contributed by atoms with Gasteiger partial charge in [-0.1, -0.05) is 30.3 Å². The summed E-state index contributed by atoms with van der Waals surface area (Å²) in [6.45, 7) is 6.41. The first-order valence-electron chi connectivity index (χ1n) is 5.13. The van der Waals surface area contributed by atoms with Crippen molar-refractivity contribution in [1.29, 1.82) is 0 Å². The van der Waals surface area contributed by atoms with Crippen LogP contribution in [-0.2, 0) is 0 Å². The lowest BCUT2D eigenvalue weighted by molar-refractivity contribution is 1.17. The predicted molar refractivity (Wildman–Crippen MR) is 72.9 cm³/mol. The van der Waals surface area contributed by atoms with Gasteiger partial charge in [0.15, 0.2) is 0 Å². The van der Waals surface area contributed by atoms with Gasteiger partial charge >= 0.3 is 0 Å². The molecule has 0 bridgehead atoms. The Labute approximate surface area is 104 Å². The third-order valence-corrected chi connectivity index (χ3v) is 3.43. The first kappa shape index (κ1) is 11.1. The van der Waals surface area contributed by atoms with Gasteiger partial charge in [0.2, 0.25) is 0 Å². The second-order valence-corrected chi connectivity index (χ2v) is 4.37. The molecule has 0 atom stereocenters. The van der Waals surface area contributed by atoms with E-state index in [1.165, 1.54) is 5.39 Å². The molecule has 1 aromatic carbocycles. The van der Waals surface area contributed by atoms with Crippen molar-refractivity contribution in [2.75, 3.05) is 11.9 Å². The van der Waals surface area contributed by atoms with Crippen LogP contribution in [0.2, 0.25) is 0 Å². The highest BCUT2D eigenvalue weighted by Crippen LogP contribution is 2.30. The van der Waals surface area contributed by atoms with Crippen LogP contribution in [0.4, 0.5) is 5.82 Å². The van der Waals surface area contributed by atoms with Crippen LogP contribution >= 0.6 is 15.9 Å². The van der Waals surface area contributed by atoms with E-state index >= 15 is 0 Å². The Bertz CT molecular complexity index is 535. The van der Waals surface area contributed by atoms with Gasteiger partial charge in [0.05, 0.1) is 5.69 Å². The minimum Gasteiger partial charge on any atom is -0.366 e. The average Bonchev–Trinajstić information content (AvgIpc) is 2.32. The molecule has 2 nitrogen and oxygen atoms in total. The summed E-state index contributed by atoms with van der Waals surface area (Å²) in [4.78, 5) is 4.53. The fraction of sp³-hybridized carbons (Fsp3) is 0.154. The molecule has 1 N–H and O–H groups in total. The van der Waals surface area contributed by atoms with Gasteiger partial charge in [-0.2, -0.15) is 0 Å². The zero-order valence-electron chi connectivity index (χ0n) is 9.13. The zero-order valence-corrected chi connectivity index (χ0v) is 10.7. The van der Waals surface area contributed by atoms with Crippen LogP contribution in [-0.4, -0.2) is 11.5 Å². The first-order chi connectivity index (χ1) is 7.74. The van der Waals surface area contributed by atoms with Crippen molar-refractivity contribution in [2.45, 2.75) is 6.92 Å². The highest BCUT2D eigenvalue weighted by molar-refractivity contribution is 9.10. The third kappa shape index (κ3) is 1.95. The van der Waals surface area contributed by atoms with Gasteiger partial charge in [-0.15, -0.1) is 6.58 Å². The van der Waals surface area contributed by atoms with E-state index in [2.05, 4.69) is 44.9 Å². The molecule has 0 aliphatic heterocycles. The molecule has 16 heavy (non-hydrogen) atoms. The van der Waals surface area contributed by atoms with Crippen molar-refractivity contribution < 1.29 is 0 Å². The summed E-state index contributed by atoms with van der Waals surface area (Å²) in [5, 5.41) is 5.56. The van der Waals surface area contributed by atoms with Crippen LogP contribution in [0.5, 0.6) is 0 Å². The molecule has 0 radical (unpaired) electrons. The molecule has 0 aliphatic carbocycles. The number of rotatable bonds is 3. The summed E-state index contributed by atoms with van der Waals surface area (Å²) >= 11 is 3.57. The smallest absolute Gasteiger partial charge is 0.134 e. The van der Waals surface area contributed by atoms with E-state index in [0.717, 1.165) is 27.9 Å². The Morgan fingerprint density at radius 1 is 1.38 bits per heavy atom. The van der Waals surface area contributed by atoms with Crippen LogP contribution in [0.3, 0.4) is 0 Å². The molecule has 0 fully saturated rings. The molecular formula is C13H13BrN2. The summed E-state index contributed by atoms with van der Waals surface area (Å²) in [7, 11) is 0. The van der Waals surface area contributed by atoms with E-state index in [0.29, 0.717) is 0 Å². The number of nitrogens with one attached hydrogen (secondary N) is 1. The lowest BCUT2D eigenvalue weighted by atomic mass is 10.1. The molecule has 2 aromatic rings. The van der Waals surface area contributed by atoms with Crippen LogP contribution < -0.4 is 5.32 Å². The Morgan fingerprint density at radius 2 is 2.06 bits per heavy atom. The average molecular weight is 277 g/mol. The van der Waals surface area contributed by atoms with E-state index < -0.39 is 0 Å². The largest absolute Gasteiger partial charge is 0.366 e. The van der Waals surface area contributed by atoms with Crippen molar-refractivity contribution in [2.24, 2.45) is 0 Å². The van der Waals surface area contributed by atoms with Gasteiger partial charge in [-0.3, -0.25) is 0 Å². The minimum absolute atomic E-state index is 0.720. The number of benzene rings is 1. The van der Waals surface area contributed by atoms with E-state index in [1.807, 2.05) is 25.1 Å². The number of aryl methyl sites for hydroxylation is 1. The number of fused-ring (bicyclic) bond motifs is 1. The van der Waals surface area contributed by atoms with Crippen molar-refractivity contribution in [1.82, 2.24) is 4.98 Å². The molecule has 3 heteroatoms. The number of halogens is 1. The molecule has 0 saturated carbocycles. The van der Waals surface area contributed by atoms with Crippen LogP contribution in [0, 0.1) is 6.92 Å². The van der Waals surface area contributed by atoms with E-state index in [1.54, 1.807) is 0 Å². The maximum Gasteiger partial charge on any atom is 0.134 e. The number of hydrogen-bond acceptors (Lipinski definition) is 2. The lowest BCUT2D eigenvalue weighted by Gasteiger charge is -2.10. The number of aromatic nitrogens is 1. The fourth-order valence-corrected chi connectivity index (χ4v) is 2.09. The van der Waals surface area contributed by atoms with Crippen molar-refractivity contribution in [3.8, 4) is 0 Å². The highest BCUT2D eigenvalue weighted by atomic mass is 79.9. The molecule has 0 aliphatic rings. The van der Waals surface area contributed by atoms with Gasteiger partial charge in [0.25, 0.3) is 0 Å². The fourth-order valence-electron chi connectivity index (χ4n) is 1.66.